The maximum absolute atomic E-state index is 12.0. The van der Waals surface area contributed by atoms with Crippen molar-refractivity contribution < 1.29 is 14.6 Å². The van der Waals surface area contributed by atoms with Crippen molar-refractivity contribution in [3.63, 3.8) is 0 Å². The molecule has 160 valence electrons. The minimum atomic E-state index is -1.19. The van der Waals surface area contributed by atoms with Crippen LogP contribution in [-0.4, -0.2) is 50.9 Å². The van der Waals surface area contributed by atoms with Crippen molar-refractivity contribution in [2.24, 2.45) is 5.92 Å². The van der Waals surface area contributed by atoms with E-state index in [1.165, 1.54) is 0 Å². The number of carbonyl (C=O) groups is 1. The predicted molar refractivity (Wildman–Crippen MR) is 116 cm³/mol. The van der Waals surface area contributed by atoms with Crippen molar-refractivity contribution >= 4 is 30.0 Å². The van der Waals surface area contributed by atoms with Gasteiger partial charge in [0.15, 0.2) is 5.82 Å². The highest BCUT2D eigenvalue weighted by molar-refractivity contribution is 9.10. The highest BCUT2D eigenvalue weighted by Crippen LogP contribution is 2.30. The van der Waals surface area contributed by atoms with Gasteiger partial charge in [0.2, 0.25) is 0 Å². The van der Waals surface area contributed by atoms with Crippen molar-refractivity contribution in [3.8, 4) is 0 Å². The number of ether oxygens (including phenoxy) is 1. The van der Waals surface area contributed by atoms with Crippen LogP contribution >= 0.6 is 15.9 Å². The van der Waals surface area contributed by atoms with E-state index in [0.717, 1.165) is 22.6 Å². The fraction of sp³-hybridized carbons (Fsp3) is 0.632. The van der Waals surface area contributed by atoms with Gasteiger partial charge in [0.1, 0.15) is 6.73 Å². The molecule has 10 heteroatoms. The first kappa shape index (κ1) is 23.6. The van der Waals surface area contributed by atoms with Gasteiger partial charge in [-0.05, 0) is 51.0 Å². The lowest BCUT2D eigenvalue weighted by atomic mass is 9.84. The third-order valence-electron chi connectivity index (χ3n) is 4.72. The molecule has 2 atom stereocenters. The van der Waals surface area contributed by atoms with E-state index in [2.05, 4.69) is 56.1 Å². The SMILES string of the molecule is CCCC(C(=O)O)[C@H](Cc1ccc(Br)cn1)c1nnnn1COCC[Si](C)(C)C. The molecular weight excluding hydrogens is 454 g/mol. The summed E-state index contributed by atoms with van der Waals surface area (Å²) >= 11 is 3.38. The summed E-state index contributed by atoms with van der Waals surface area (Å²) in [6.07, 6.45) is 3.46. The van der Waals surface area contributed by atoms with Crippen molar-refractivity contribution in [3.05, 3.63) is 34.3 Å². The molecule has 0 amide bonds. The predicted octanol–water partition coefficient (Wildman–Crippen LogP) is 3.97. The van der Waals surface area contributed by atoms with Gasteiger partial charge in [0, 0.05) is 43.4 Å². The van der Waals surface area contributed by atoms with Gasteiger partial charge in [-0.15, -0.1) is 5.10 Å². The van der Waals surface area contributed by atoms with E-state index < -0.39 is 25.9 Å². The van der Waals surface area contributed by atoms with Crippen LogP contribution in [0.25, 0.3) is 0 Å². The van der Waals surface area contributed by atoms with Crippen molar-refractivity contribution in [1.29, 1.82) is 0 Å². The highest BCUT2D eigenvalue weighted by Gasteiger charge is 2.33. The Morgan fingerprint density at radius 3 is 2.69 bits per heavy atom. The Labute approximate surface area is 181 Å². The first-order valence-corrected chi connectivity index (χ1v) is 14.4. The van der Waals surface area contributed by atoms with Gasteiger partial charge in [-0.25, -0.2) is 4.68 Å². The number of hydrogen-bond acceptors (Lipinski definition) is 6. The summed E-state index contributed by atoms with van der Waals surface area (Å²) < 4.78 is 8.26. The van der Waals surface area contributed by atoms with E-state index in [1.54, 1.807) is 10.9 Å². The second kappa shape index (κ2) is 10.9. The Morgan fingerprint density at radius 1 is 1.34 bits per heavy atom. The molecule has 2 heterocycles. The molecule has 1 N–H and O–H groups in total. The lowest BCUT2D eigenvalue weighted by molar-refractivity contribution is -0.143. The molecule has 2 rings (SSSR count). The molecule has 0 fully saturated rings. The normalized spacial score (nSPS) is 14.0. The van der Waals surface area contributed by atoms with E-state index in [1.807, 2.05) is 19.1 Å². The van der Waals surface area contributed by atoms with Gasteiger partial charge in [-0.3, -0.25) is 9.78 Å². The van der Waals surface area contributed by atoms with Gasteiger partial charge in [-0.2, -0.15) is 0 Å². The number of tetrazole rings is 1. The van der Waals surface area contributed by atoms with Gasteiger partial charge in [0.25, 0.3) is 0 Å². The third-order valence-corrected chi connectivity index (χ3v) is 6.89. The second-order valence-electron chi connectivity index (χ2n) is 8.40. The summed E-state index contributed by atoms with van der Waals surface area (Å²) in [4.78, 5) is 16.4. The van der Waals surface area contributed by atoms with Gasteiger partial charge in [0.05, 0.1) is 5.92 Å². The number of aliphatic carboxylic acids is 1. The molecule has 0 aliphatic carbocycles. The first-order chi connectivity index (χ1) is 13.7. The van der Waals surface area contributed by atoms with Crippen LogP contribution < -0.4 is 0 Å². The summed E-state index contributed by atoms with van der Waals surface area (Å²) in [6, 6.07) is 4.84. The highest BCUT2D eigenvalue weighted by atomic mass is 79.9. The van der Waals surface area contributed by atoms with Gasteiger partial charge >= 0.3 is 5.97 Å². The number of pyridine rings is 1. The Kier molecular flexibility index (Phi) is 8.91. The Balaban J connectivity index is 2.23. The molecule has 0 bridgehead atoms. The Bertz CT molecular complexity index is 779. The van der Waals surface area contributed by atoms with Crippen molar-refractivity contribution in [2.75, 3.05) is 6.61 Å². The largest absolute Gasteiger partial charge is 0.481 e. The van der Waals surface area contributed by atoms with E-state index in [-0.39, 0.29) is 6.73 Å². The number of halogens is 1. The number of rotatable bonds is 12. The molecule has 1 unspecified atom stereocenters. The third kappa shape index (κ3) is 7.59. The maximum atomic E-state index is 12.0. The molecule has 0 aliphatic heterocycles. The van der Waals surface area contributed by atoms with Gasteiger partial charge < -0.3 is 9.84 Å². The number of hydrogen-bond donors (Lipinski definition) is 1. The van der Waals surface area contributed by atoms with E-state index in [9.17, 15) is 9.90 Å². The standard InChI is InChI=1S/C19H30BrN5O3Si/c1-5-6-16(19(26)27)17(11-15-8-7-14(20)12-21-15)18-22-23-24-25(18)13-28-9-10-29(2,3)4/h7-8,12,16-17H,5-6,9-11,13H2,1-4H3,(H,26,27)/t16?,17-/m0/s1. The molecule has 2 aromatic heterocycles. The quantitative estimate of drug-likeness (QED) is 0.359. The summed E-state index contributed by atoms with van der Waals surface area (Å²) in [6.45, 7) is 9.72. The molecular formula is C19H30BrN5O3Si. The molecule has 29 heavy (non-hydrogen) atoms. The summed E-state index contributed by atoms with van der Waals surface area (Å²) in [5.74, 6) is -1.30. The number of aromatic nitrogens is 5. The lowest BCUT2D eigenvalue weighted by Crippen LogP contribution is -2.27. The van der Waals surface area contributed by atoms with Crippen LogP contribution in [0.2, 0.25) is 25.7 Å². The maximum Gasteiger partial charge on any atom is 0.307 e. The number of carboxylic acid groups (broad SMARTS) is 1. The molecule has 2 aromatic rings. The van der Waals surface area contributed by atoms with Crippen LogP contribution in [0.1, 0.15) is 37.2 Å². The smallest absolute Gasteiger partial charge is 0.307 e. The fourth-order valence-electron chi connectivity index (χ4n) is 3.07. The summed E-state index contributed by atoms with van der Waals surface area (Å²) in [5.41, 5.74) is 0.801. The van der Waals surface area contributed by atoms with Crippen LogP contribution in [0.15, 0.2) is 22.8 Å². The van der Waals surface area contributed by atoms with Crippen LogP contribution in [0.3, 0.4) is 0 Å². The molecule has 0 aromatic carbocycles. The molecule has 0 saturated heterocycles. The zero-order valence-electron chi connectivity index (χ0n) is 17.5. The molecule has 0 saturated carbocycles. The molecule has 0 radical (unpaired) electrons. The van der Waals surface area contributed by atoms with E-state index in [4.69, 9.17) is 4.74 Å². The van der Waals surface area contributed by atoms with Crippen LogP contribution in [0.4, 0.5) is 0 Å². The van der Waals surface area contributed by atoms with Crippen molar-refractivity contribution in [1.82, 2.24) is 25.2 Å². The average molecular weight is 484 g/mol. The Morgan fingerprint density at radius 2 is 2.10 bits per heavy atom. The van der Waals surface area contributed by atoms with Crippen LogP contribution in [-0.2, 0) is 22.7 Å². The minimum Gasteiger partial charge on any atom is -0.481 e. The summed E-state index contributed by atoms with van der Waals surface area (Å²) in [5, 5.41) is 21.9. The fourth-order valence-corrected chi connectivity index (χ4v) is 4.06. The monoisotopic (exact) mass is 483 g/mol. The Hall–Kier alpha value is -1.65. The first-order valence-electron chi connectivity index (χ1n) is 9.88. The minimum absolute atomic E-state index is 0.218. The number of carboxylic acids is 1. The van der Waals surface area contributed by atoms with E-state index >= 15 is 0 Å². The lowest BCUT2D eigenvalue weighted by Gasteiger charge is -2.23. The van der Waals surface area contributed by atoms with Crippen LogP contribution in [0, 0.1) is 5.92 Å². The van der Waals surface area contributed by atoms with E-state index in [0.29, 0.717) is 25.3 Å². The molecule has 0 spiro atoms. The topological polar surface area (TPSA) is 103 Å². The zero-order valence-corrected chi connectivity index (χ0v) is 20.1. The van der Waals surface area contributed by atoms with Crippen LogP contribution in [0.5, 0.6) is 0 Å². The van der Waals surface area contributed by atoms with Crippen molar-refractivity contribution in [2.45, 2.75) is 64.5 Å². The summed E-state index contributed by atoms with van der Waals surface area (Å²) in [7, 11) is -1.19. The van der Waals surface area contributed by atoms with Gasteiger partial charge in [-0.1, -0.05) is 33.0 Å². The average Bonchev–Trinajstić information content (AvgIpc) is 3.10. The molecule has 8 nitrogen and oxygen atoms in total. The second-order valence-corrected chi connectivity index (χ2v) is 14.9. The number of nitrogens with zero attached hydrogens (tertiary/aromatic N) is 5. The zero-order chi connectivity index (χ0) is 21.4. The molecule has 0 aliphatic rings.